The summed E-state index contributed by atoms with van der Waals surface area (Å²) in [7, 11) is 5.56. The van der Waals surface area contributed by atoms with Crippen molar-refractivity contribution in [3.05, 3.63) is 69.0 Å². The molecule has 0 saturated heterocycles. The lowest BCUT2D eigenvalue weighted by molar-refractivity contribution is 0.228. The van der Waals surface area contributed by atoms with Crippen LogP contribution in [0.25, 0.3) is 31.3 Å². The van der Waals surface area contributed by atoms with Gasteiger partial charge in [-0.25, -0.2) is 0 Å². The standard InChI is InChI=1S/C26H23NO3S/c1-27-11-10-15-13-20-23(26(30-3)16-6-4-5-7-19(16)31-20)24-21(15)17(27)12-14-8-9-18(29-2)25(28)22(14)24/h4-9,13,17H,10-12H2,1-3H3/p+1/t17-/m1/s1. The zero-order chi connectivity index (χ0) is 21.3. The van der Waals surface area contributed by atoms with Crippen molar-refractivity contribution in [2.24, 2.45) is 0 Å². The highest BCUT2D eigenvalue weighted by molar-refractivity contribution is 7.24. The Morgan fingerprint density at radius 2 is 1.94 bits per heavy atom. The minimum absolute atomic E-state index is 0.224. The number of hydrogen-bond acceptors (Lipinski definition) is 4. The van der Waals surface area contributed by atoms with Gasteiger partial charge in [0.25, 0.3) is 7.11 Å². The van der Waals surface area contributed by atoms with Crippen molar-refractivity contribution in [1.82, 2.24) is 4.90 Å². The third-order valence-electron chi connectivity index (χ3n) is 6.91. The molecule has 6 rings (SSSR count). The molecule has 0 amide bonds. The van der Waals surface area contributed by atoms with Gasteiger partial charge in [-0.05, 0) is 60.8 Å². The highest BCUT2D eigenvalue weighted by atomic mass is 32.1. The Bertz CT molecular complexity index is 1450. The number of hydrogen-bond donors (Lipinski definition) is 1. The Balaban J connectivity index is 1.88. The summed E-state index contributed by atoms with van der Waals surface area (Å²) in [4.78, 5) is 2.44. The molecule has 156 valence electrons. The summed E-state index contributed by atoms with van der Waals surface area (Å²) in [6.07, 6.45) is 1.89. The van der Waals surface area contributed by atoms with Gasteiger partial charge in [0.05, 0.1) is 12.5 Å². The number of rotatable bonds is 1. The summed E-state index contributed by atoms with van der Waals surface area (Å²) in [5.74, 6) is 0.733. The maximum atomic E-state index is 11.3. The molecule has 3 aromatic carbocycles. The van der Waals surface area contributed by atoms with Gasteiger partial charge in [-0.1, -0.05) is 18.2 Å². The fourth-order valence-electron chi connectivity index (χ4n) is 5.45. The van der Waals surface area contributed by atoms with Crippen LogP contribution >= 0.6 is 11.3 Å². The molecule has 0 unspecified atom stereocenters. The summed E-state index contributed by atoms with van der Waals surface area (Å²) in [5, 5.41) is 13.5. The van der Waals surface area contributed by atoms with E-state index < -0.39 is 0 Å². The monoisotopic (exact) mass is 430 g/mol. The first-order chi connectivity index (χ1) is 15.1. The second-order valence-electron chi connectivity index (χ2n) is 8.43. The van der Waals surface area contributed by atoms with Gasteiger partial charge in [0.1, 0.15) is 5.39 Å². The molecule has 2 aliphatic rings. The van der Waals surface area contributed by atoms with Gasteiger partial charge < -0.3 is 9.84 Å². The van der Waals surface area contributed by atoms with Crippen LogP contribution in [-0.4, -0.2) is 37.8 Å². The molecule has 0 saturated carbocycles. The van der Waals surface area contributed by atoms with Crippen molar-refractivity contribution in [3.63, 3.8) is 0 Å². The Morgan fingerprint density at radius 1 is 1.10 bits per heavy atom. The lowest BCUT2D eigenvalue weighted by atomic mass is 9.75. The second-order valence-corrected chi connectivity index (χ2v) is 9.51. The number of benzene rings is 3. The van der Waals surface area contributed by atoms with Crippen molar-refractivity contribution in [2.45, 2.75) is 18.9 Å². The van der Waals surface area contributed by atoms with Gasteiger partial charge in [0, 0.05) is 33.1 Å². The minimum atomic E-state index is 0.224. The van der Waals surface area contributed by atoms with E-state index in [-0.39, 0.29) is 5.75 Å². The maximum absolute atomic E-state index is 11.3. The first-order valence-electron chi connectivity index (χ1n) is 10.6. The summed E-state index contributed by atoms with van der Waals surface area (Å²) in [6, 6.07) is 15.0. The molecule has 1 atom stereocenters. The molecule has 4 nitrogen and oxygen atoms in total. The number of nitrogens with zero attached hydrogens (tertiary/aromatic N) is 1. The van der Waals surface area contributed by atoms with Gasteiger partial charge >= 0.3 is 5.43 Å². The van der Waals surface area contributed by atoms with E-state index in [9.17, 15) is 5.11 Å². The van der Waals surface area contributed by atoms with Crippen molar-refractivity contribution >= 4 is 31.5 Å². The van der Waals surface area contributed by atoms with E-state index in [0.717, 1.165) is 52.3 Å². The summed E-state index contributed by atoms with van der Waals surface area (Å²) in [5.41, 5.74) is 6.76. The molecule has 1 aliphatic carbocycles. The average Bonchev–Trinajstić information content (AvgIpc) is 2.79. The van der Waals surface area contributed by atoms with E-state index in [4.69, 9.17) is 9.16 Å². The number of aromatic hydroxyl groups is 1. The summed E-state index contributed by atoms with van der Waals surface area (Å²) < 4.78 is 13.9. The number of phenols is 1. The van der Waals surface area contributed by atoms with Crippen molar-refractivity contribution < 1.29 is 9.84 Å². The molecule has 2 heterocycles. The molecule has 0 fully saturated rings. The smallest absolute Gasteiger partial charge is 0.360 e. The predicted octanol–water partition coefficient (Wildman–Crippen LogP) is 5.05. The fraction of sp³-hybridized carbons (Fsp3) is 0.269. The van der Waals surface area contributed by atoms with Crippen molar-refractivity contribution in [2.75, 3.05) is 27.8 Å². The Kier molecular flexibility index (Phi) is 4.14. The molecule has 5 heteroatoms. The van der Waals surface area contributed by atoms with Crippen LogP contribution in [0, 0.1) is 0 Å². The zero-order valence-electron chi connectivity index (χ0n) is 17.9. The average molecular weight is 431 g/mol. The largest absolute Gasteiger partial charge is 0.504 e. The second kappa shape index (κ2) is 6.81. The highest BCUT2D eigenvalue weighted by Gasteiger charge is 2.37. The van der Waals surface area contributed by atoms with Crippen molar-refractivity contribution in [3.8, 4) is 22.6 Å². The Labute approximate surface area is 184 Å². The number of methoxy groups -OCH3 is 1. The van der Waals surface area contributed by atoms with Crippen LogP contribution in [0.3, 0.4) is 0 Å². The van der Waals surface area contributed by atoms with E-state index in [1.807, 2.05) is 6.07 Å². The normalized spacial score (nSPS) is 18.3. The molecular weight excluding hydrogens is 406 g/mol. The van der Waals surface area contributed by atoms with Gasteiger partial charge in [0.15, 0.2) is 11.5 Å². The van der Waals surface area contributed by atoms with Gasteiger partial charge in [-0.3, -0.25) is 9.32 Å². The first-order valence-corrected chi connectivity index (χ1v) is 11.4. The SMILES string of the molecule is COc1ccc2c(c1O)-c1c3c(cc4sc5ccccc5c(=[O+]C)c14)CCN(C)[C@@H]3C2. The number of phenolic OH excluding ortho intramolecular Hbond substituents is 1. The quantitative estimate of drug-likeness (QED) is 0.340. The van der Waals surface area contributed by atoms with Gasteiger partial charge in [-0.15, -0.1) is 11.3 Å². The topological polar surface area (TPSA) is 44.0 Å². The van der Waals surface area contributed by atoms with Crippen LogP contribution in [0.15, 0.2) is 46.9 Å². The fourth-order valence-corrected chi connectivity index (χ4v) is 6.61. The van der Waals surface area contributed by atoms with E-state index >= 15 is 0 Å². The predicted molar refractivity (Wildman–Crippen MR) is 128 cm³/mol. The van der Waals surface area contributed by atoms with Crippen LogP contribution < -0.4 is 10.2 Å². The number of ether oxygens (including phenoxy) is 1. The molecule has 1 N–H and O–H groups in total. The van der Waals surface area contributed by atoms with E-state index in [2.05, 4.69) is 48.3 Å². The molecule has 1 aromatic heterocycles. The highest BCUT2D eigenvalue weighted by Crippen LogP contribution is 2.53. The zero-order valence-corrected chi connectivity index (χ0v) is 18.7. The van der Waals surface area contributed by atoms with Crippen LogP contribution in [0.5, 0.6) is 11.5 Å². The molecule has 0 bridgehead atoms. The maximum Gasteiger partial charge on any atom is 0.360 e. The number of fused-ring (bicyclic) bond motifs is 5. The Morgan fingerprint density at radius 3 is 2.74 bits per heavy atom. The molecule has 4 aromatic rings. The van der Waals surface area contributed by atoms with E-state index in [0.29, 0.717) is 11.8 Å². The van der Waals surface area contributed by atoms with Gasteiger partial charge in [0.2, 0.25) is 0 Å². The minimum Gasteiger partial charge on any atom is -0.504 e. The van der Waals surface area contributed by atoms with Crippen LogP contribution in [-0.2, 0) is 12.8 Å². The van der Waals surface area contributed by atoms with E-state index in [1.165, 1.54) is 20.5 Å². The molecule has 0 spiro atoms. The summed E-state index contributed by atoms with van der Waals surface area (Å²) in [6.45, 7) is 1.04. The molecule has 1 aliphatic heterocycles. The molecule has 0 radical (unpaired) electrons. The third kappa shape index (κ3) is 2.54. The summed E-state index contributed by atoms with van der Waals surface area (Å²) >= 11 is 1.79. The van der Waals surface area contributed by atoms with Crippen LogP contribution in [0.1, 0.15) is 22.7 Å². The molecular formula is C26H24NO3S+. The Hall–Kier alpha value is -2.89. The van der Waals surface area contributed by atoms with Crippen LogP contribution in [0.4, 0.5) is 0 Å². The van der Waals surface area contributed by atoms with E-state index in [1.54, 1.807) is 25.6 Å². The molecule has 31 heavy (non-hydrogen) atoms. The van der Waals surface area contributed by atoms with Crippen molar-refractivity contribution in [1.29, 1.82) is 0 Å². The lowest BCUT2D eigenvalue weighted by Crippen LogP contribution is -2.36. The van der Waals surface area contributed by atoms with Gasteiger partial charge in [-0.2, -0.15) is 0 Å². The van der Waals surface area contributed by atoms with Crippen LogP contribution in [0.2, 0.25) is 0 Å². The first kappa shape index (κ1) is 18.8. The number of likely N-dealkylation sites (N-methyl/N-ethyl adjacent to an activating group) is 1. The lowest BCUT2D eigenvalue weighted by Gasteiger charge is -2.40. The third-order valence-corrected chi connectivity index (χ3v) is 8.03.